The summed E-state index contributed by atoms with van der Waals surface area (Å²) < 4.78 is 77.3. The number of esters is 1. The largest absolute Gasteiger partial charge is 0.481 e. The molecule has 3 aliphatic rings. The lowest BCUT2D eigenvalue weighted by Crippen LogP contribution is -2.52. The van der Waals surface area contributed by atoms with Gasteiger partial charge < -0.3 is 38.6 Å². The molecule has 2 fully saturated rings. The van der Waals surface area contributed by atoms with Gasteiger partial charge in [-0.05, 0) is 81.0 Å². The number of β-amino-alcohol motifs (C(OH)–C–C–N with tert-alkyl or cyclic N) is 1. The van der Waals surface area contributed by atoms with E-state index >= 15 is 0 Å². The number of benzene rings is 3. The van der Waals surface area contributed by atoms with E-state index in [-0.39, 0.29) is 54.7 Å². The highest BCUT2D eigenvalue weighted by Crippen LogP contribution is 2.45. The molecule has 3 N–H and O–H groups in total. The molecule has 6 rings (SSSR count). The number of nitrogens with one attached hydrogen (secondary N) is 2. The second-order valence-electron chi connectivity index (χ2n) is 14.6. The summed E-state index contributed by atoms with van der Waals surface area (Å²) in [6.45, 7) is 7.24. The van der Waals surface area contributed by atoms with Crippen LogP contribution in [-0.4, -0.2) is 99.2 Å². The molecule has 15 nitrogen and oxygen atoms in total. The molecule has 0 aromatic heterocycles. The van der Waals surface area contributed by atoms with Gasteiger partial charge >= 0.3 is 19.6 Å². The number of rotatable bonds is 16. The number of alkyl carbamates (subject to hydrolysis) is 1. The number of nitrogens with zero attached hydrogens (tertiary/aromatic N) is 1. The number of fused-ring (bicyclic) bond motifs is 2. The van der Waals surface area contributed by atoms with Crippen molar-refractivity contribution >= 4 is 29.6 Å². The van der Waals surface area contributed by atoms with Crippen LogP contribution in [0.1, 0.15) is 51.2 Å². The third kappa shape index (κ3) is 10.3. The van der Waals surface area contributed by atoms with Crippen LogP contribution in [-0.2, 0) is 44.8 Å². The average Bonchev–Trinajstić information content (AvgIpc) is 3.78. The van der Waals surface area contributed by atoms with Gasteiger partial charge in [0, 0.05) is 13.1 Å². The van der Waals surface area contributed by atoms with Crippen molar-refractivity contribution in [3.63, 3.8) is 0 Å². The van der Waals surface area contributed by atoms with Gasteiger partial charge in [0.05, 0.1) is 42.3 Å². The van der Waals surface area contributed by atoms with Gasteiger partial charge in [-0.15, -0.1) is 0 Å². The summed E-state index contributed by atoms with van der Waals surface area (Å²) in [6.07, 6.45) is -2.88. The van der Waals surface area contributed by atoms with Crippen LogP contribution in [0.4, 0.5) is 4.79 Å². The van der Waals surface area contributed by atoms with E-state index < -0.39 is 66.5 Å². The van der Waals surface area contributed by atoms with E-state index in [4.69, 9.17) is 28.2 Å². The van der Waals surface area contributed by atoms with Crippen molar-refractivity contribution in [2.75, 3.05) is 32.7 Å². The van der Waals surface area contributed by atoms with Gasteiger partial charge in [0.1, 0.15) is 23.6 Å². The number of ether oxygens (including phenoxy) is 5. The lowest BCUT2D eigenvalue weighted by molar-refractivity contribution is -0.149. The minimum atomic E-state index is -4.11. The molecule has 3 aromatic carbocycles. The number of hydrogen-bond acceptors (Lipinski definition) is 12. The summed E-state index contributed by atoms with van der Waals surface area (Å²) >= 11 is 0. The predicted molar refractivity (Wildman–Crippen MR) is 205 cm³/mol. The molecule has 3 heterocycles. The van der Waals surface area contributed by atoms with Gasteiger partial charge in [0.15, 0.2) is 12.6 Å². The number of sulfonamides is 1. The van der Waals surface area contributed by atoms with Gasteiger partial charge in [-0.3, -0.25) is 9.36 Å². The van der Waals surface area contributed by atoms with Crippen LogP contribution in [0, 0.1) is 5.92 Å². The fourth-order valence-electron chi connectivity index (χ4n) is 6.99. The molecule has 56 heavy (non-hydrogen) atoms. The maximum Gasteiger partial charge on any atom is 0.407 e. The number of carbonyl (C=O) groups is 2. The fourth-order valence-corrected chi connectivity index (χ4v) is 10.5. The van der Waals surface area contributed by atoms with Crippen molar-refractivity contribution in [3.05, 3.63) is 90.0 Å². The topological polar surface area (TPSA) is 188 Å². The molecule has 2 saturated heterocycles. The first-order valence-electron chi connectivity index (χ1n) is 18.7. The van der Waals surface area contributed by atoms with Crippen LogP contribution >= 0.6 is 7.52 Å². The SMILES string of the molecule is CC(C)OC(=O)[C@H](C)NP(=O)(COc1ccc2c(c1)C(C)CN(C[C@@H](O)[C@H](Cc1ccccc1)NC(=O)O[C@H]1CO[C@H]3OCC[C@H]31)S2(=O)=O)Oc1ccccc1. The van der Waals surface area contributed by atoms with E-state index in [1.54, 1.807) is 50.2 Å². The smallest absolute Gasteiger partial charge is 0.407 e. The molecular weight excluding hydrogens is 765 g/mol. The molecule has 304 valence electrons. The molecule has 8 atom stereocenters. The Balaban J connectivity index is 1.14. The van der Waals surface area contributed by atoms with Crippen molar-refractivity contribution < 1.29 is 55.9 Å². The molecule has 0 radical (unpaired) electrons. The summed E-state index contributed by atoms with van der Waals surface area (Å²) in [7, 11) is -8.00. The Labute approximate surface area is 327 Å². The van der Waals surface area contributed by atoms with E-state index in [2.05, 4.69) is 10.4 Å². The Morgan fingerprint density at radius 1 is 1.00 bits per heavy atom. The minimum Gasteiger partial charge on any atom is -0.481 e. The lowest BCUT2D eigenvalue weighted by atomic mass is 9.99. The lowest BCUT2D eigenvalue weighted by Gasteiger charge is -2.35. The molecule has 17 heteroatoms. The normalized spacial score (nSPS) is 24.2. The minimum absolute atomic E-state index is 0.0317. The van der Waals surface area contributed by atoms with Crippen molar-refractivity contribution in [2.24, 2.45) is 5.92 Å². The summed E-state index contributed by atoms with van der Waals surface area (Å²) in [6, 6.07) is 20.3. The maximum atomic E-state index is 14.1. The Morgan fingerprint density at radius 3 is 2.43 bits per heavy atom. The van der Waals surface area contributed by atoms with Gasteiger partial charge in [0.25, 0.3) is 0 Å². The van der Waals surface area contributed by atoms with Crippen molar-refractivity contribution in [2.45, 2.75) is 88.0 Å². The number of amides is 1. The van der Waals surface area contributed by atoms with Gasteiger partial charge in [-0.2, -0.15) is 4.31 Å². The Morgan fingerprint density at radius 2 is 1.71 bits per heavy atom. The maximum absolute atomic E-state index is 14.1. The summed E-state index contributed by atoms with van der Waals surface area (Å²) in [5, 5.41) is 17.1. The second-order valence-corrected chi connectivity index (χ2v) is 18.5. The number of aliphatic hydroxyl groups is 1. The quantitative estimate of drug-likeness (QED) is 0.132. The monoisotopic (exact) mass is 815 g/mol. The molecule has 0 aliphatic carbocycles. The molecule has 3 aromatic rings. The van der Waals surface area contributed by atoms with E-state index in [9.17, 15) is 27.7 Å². The van der Waals surface area contributed by atoms with E-state index in [1.807, 2.05) is 37.3 Å². The number of para-hydroxylation sites is 1. The van der Waals surface area contributed by atoms with Crippen molar-refractivity contribution in [1.29, 1.82) is 0 Å². The van der Waals surface area contributed by atoms with E-state index in [0.717, 1.165) is 5.56 Å². The zero-order chi connectivity index (χ0) is 40.0. The third-order valence-corrected chi connectivity index (χ3v) is 13.5. The molecular formula is C39H50N3O12PS. The van der Waals surface area contributed by atoms with Gasteiger partial charge in [-0.1, -0.05) is 55.5 Å². The van der Waals surface area contributed by atoms with Crippen LogP contribution in [0.3, 0.4) is 0 Å². The highest BCUT2D eigenvalue weighted by molar-refractivity contribution is 7.89. The molecule has 3 aliphatic heterocycles. The first kappa shape index (κ1) is 41.6. The molecule has 0 bridgehead atoms. The van der Waals surface area contributed by atoms with Crippen LogP contribution in [0.15, 0.2) is 83.8 Å². The van der Waals surface area contributed by atoms with Crippen LogP contribution in [0.25, 0.3) is 0 Å². The first-order valence-corrected chi connectivity index (χ1v) is 22.0. The third-order valence-electron chi connectivity index (χ3n) is 9.80. The average molecular weight is 816 g/mol. The standard InChI is InChI=1S/C39H50N3O12PS/c1-25(2)52-37(44)27(4)41-55(46,54-29-13-9-6-10-14-29)24-51-30-15-16-36-32(20-30)26(3)21-42(56(36,47)48)22-34(43)33(19-28-11-7-5-8-12-28)40-39(45)53-35-23-50-38-31(35)17-18-49-38/h5-16,20,25-27,31,33-35,38,43H,17-19,21-24H2,1-4H3,(H,40,45)(H,41,46)/t26?,27-,31-,33-,34+,35-,38+,55?/m0/s1. The number of hydrogen-bond donors (Lipinski definition) is 3. The van der Waals surface area contributed by atoms with Crippen LogP contribution in [0.5, 0.6) is 11.5 Å². The summed E-state index contributed by atoms with van der Waals surface area (Å²) in [4.78, 5) is 25.7. The Hall–Kier alpha value is -4.02. The van der Waals surface area contributed by atoms with Crippen LogP contribution in [0.2, 0.25) is 0 Å². The zero-order valence-corrected chi connectivity index (χ0v) is 33.5. The first-order chi connectivity index (χ1) is 26.7. The molecule has 0 saturated carbocycles. The zero-order valence-electron chi connectivity index (χ0n) is 31.8. The Kier molecular flexibility index (Phi) is 13.4. The second kappa shape index (κ2) is 18.1. The highest BCUT2D eigenvalue weighted by atomic mass is 32.2. The molecule has 0 spiro atoms. The van der Waals surface area contributed by atoms with Gasteiger partial charge in [-0.25, -0.2) is 18.3 Å². The van der Waals surface area contributed by atoms with Crippen molar-refractivity contribution in [3.8, 4) is 11.5 Å². The van der Waals surface area contributed by atoms with Crippen LogP contribution < -0.4 is 19.7 Å². The van der Waals surface area contributed by atoms with Crippen molar-refractivity contribution in [1.82, 2.24) is 14.7 Å². The summed E-state index contributed by atoms with van der Waals surface area (Å²) in [5.41, 5.74) is 1.31. The molecule has 1 amide bonds. The molecule has 2 unspecified atom stereocenters. The predicted octanol–water partition coefficient (Wildman–Crippen LogP) is 4.79. The Bertz CT molecular complexity index is 1970. The summed E-state index contributed by atoms with van der Waals surface area (Å²) in [5.74, 6) is -0.489. The number of carbonyl (C=O) groups excluding carboxylic acids is 2. The van der Waals surface area contributed by atoms with Gasteiger partial charge in [0.2, 0.25) is 10.0 Å². The number of aliphatic hydroxyl groups excluding tert-OH is 1. The van der Waals surface area contributed by atoms with E-state index in [1.165, 1.54) is 23.4 Å². The fraction of sp³-hybridized carbons (Fsp3) is 0.487. The van der Waals surface area contributed by atoms with E-state index in [0.29, 0.717) is 24.3 Å². The highest BCUT2D eigenvalue weighted by Gasteiger charge is 2.44.